The van der Waals surface area contributed by atoms with Gasteiger partial charge in [0.05, 0.1) is 12.3 Å². The van der Waals surface area contributed by atoms with Gasteiger partial charge in [0.2, 0.25) is 5.91 Å². The number of anilines is 1. The Labute approximate surface area is 168 Å². The fourth-order valence-corrected chi connectivity index (χ4v) is 3.36. The third-order valence-corrected chi connectivity index (χ3v) is 4.94. The molecule has 3 rings (SSSR count). The lowest BCUT2D eigenvalue weighted by Crippen LogP contribution is -2.12. The number of hydrogen-bond donors (Lipinski definition) is 1. The fourth-order valence-electron chi connectivity index (χ4n) is 2.50. The Balaban J connectivity index is 1.54. The van der Waals surface area contributed by atoms with Crippen LogP contribution >= 0.6 is 22.9 Å². The molecule has 1 N–H and O–H groups in total. The first-order valence-corrected chi connectivity index (χ1v) is 10.1. The molecule has 1 amide bonds. The fraction of sp³-hybridized carbons (Fsp3) is 0.238. The van der Waals surface area contributed by atoms with E-state index in [2.05, 4.69) is 17.2 Å². The summed E-state index contributed by atoms with van der Waals surface area (Å²) in [7, 11) is 0. The van der Waals surface area contributed by atoms with E-state index in [1.54, 1.807) is 0 Å². The highest BCUT2D eigenvalue weighted by Gasteiger charge is 2.09. The molecule has 0 fully saturated rings. The molecule has 0 atom stereocenters. The van der Waals surface area contributed by atoms with Gasteiger partial charge in [0.15, 0.2) is 5.13 Å². The lowest BCUT2D eigenvalue weighted by Gasteiger charge is -2.05. The van der Waals surface area contributed by atoms with Gasteiger partial charge in [-0.15, -0.1) is 11.3 Å². The molecule has 0 spiro atoms. The topological polar surface area (TPSA) is 51.2 Å². The SMILES string of the molecule is CCCOc1ccc(-c2csc(NC(=O)CCc3ccc(Cl)cc3)n2)cc1. The Kier molecular flexibility index (Phi) is 6.85. The van der Waals surface area contributed by atoms with Crippen LogP contribution in [-0.2, 0) is 11.2 Å². The van der Waals surface area contributed by atoms with Crippen LogP contribution in [0.15, 0.2) is 53.9 Å². The molecular weight excluding hydrogens is 380 g/mol. The Bertz CT molecular complexity index is 876. The lowest BCUT2D eigenvalue weighted by molar-refractivity contribution is -0.116. The van der Waals surface area contributed by atoms with E-state index in [-0.39, 0.29) is 5.91 Å². The number of benzene rings is 2. The van der Waals surface area contributed by atoms with Crippen molar-refractivity contribution < 1.29 is 9.53 Å². The molecule has 140 valence electrons. The molecule has 3 aromatic rings. The summed E-state index contributed by atoms with van der Waals surface area (Å²) in [5.41, 5.74) is 2.92. The van der Waals surface area contributed by atoms with Crippen LogP contribution in [0.25, 0.3) is 11.3 Å². The van der Waals surface area contributed by atoms with Gasteiger partial charge >= 0.3 is 0 Å². The summed E-state index contributed by atoms with van der Waals surface area (Å²) in [6, 6.07) is 15.4. The molecule has 1 heterocycles. The number of ether oxygens (including phenoxy) is 1. The van der Waals surface area contributed by atoms with E-state index in [0.29, 0.717) is 29.6 Å². The standard InChI is InChI=1S/C21H21ClN2O2S/c1-2-13-26-18-10-6-16(7-11-18)19-14-27-21(23-19)24-20(25)12-5-15-3-8-17(22)9-4-15/h3-4,6-11,14H,2,5,12-13H2,1H3,(H,23,24,25). The van der Waals surface area contributed by atoms with Crippen molar-refractivity contribution >= 4 is 34.0 Å². The zero-order valence-electron chi connectivity index (χ0n) is 15.1. The van der Waals surface area contributed by atoms with Gasteiger partial charge in [0.25, 0.3) is 0 Å². The summed E-state index contributed by atoms with van der Waals surface area (Å²) in [6.07, 6.45) is 2.05. The van der Waals surface area contributed by atoms with Gasteiger partial charge in [0.1, 0.15) is 5.75 Å². The summed E-state index contributed by atoms with van der Waals surface area (Å²) >= 11 is 7.30. The highest BCUT2D eigenvalue weighted by atomic mass is 35.5. The maximum atomic E-state index is 12.2. The molecule has 1 aromatic heterocycles. The van der Waals surface area contributed by atoms with Gasteiger partial charge in [0, 0.05) is 22.4 Å². The first-order valence-electron chi connectivity index (χ1n) is 8.87. The van der Waals surface area contributed by atoms with Crippen molar-refractivity contribution in [3.05, 3.63) is 64.5 Å². The zero-order chi connectivity index (χ0) is 19.1. The number of carbonyl (C=O) groups excluding carboxylic acids is 1. The summed E-state index contributed by atoms with van der Waals surface area (Å²) in [6.45, 7) is 2.79. The average Bonchev–Trinajstić information content (AvgIpc) is 3.14. The van der Waals surface area contributed by atoms with Crippen LogP contribution in [0.1, 0.15) is 25.3 Å². The minimum absolute atomic E-state index is 0.0471. The smallest absolute Gasteiger partial charge is 0.226 e. The van der Waals surface area contributed by atoms with Crippen LogP contribution in [0.2, 0.25) is 5.02 Å². The van der Waals surface area contributed by atoms with E-state index >= 15 is 0 Å². The Hall–Kier alpha value is -2.37. The third-order valence-electron chi connectivity index (χ3n) is 3.93. The van der Waals surface area contributed by atoms with E-state index in [9.17, 15) is 4.79 Å². The highest BCUT2D eigenvalue weighted by molar-refractivity contribution is 7.14. The second-order valence-corrected chi connectivity index (χ2v) is 7.38. The summed E-state index contributed by atoms with van der Waals surface area (Å²) in [5, 5.41) is 6.12. The highest BCUT2D eigenvalue weighted by Crippen LogP contribution is 2.26. The minimum atomic E-state index is -0.0471. The predicted molar refractivity (Wildman–Crippen MR) is 112 cm³/mol. The summed E-state index contributed by atoms with van der Waals surface area (Å²) < 4.78 is 5.59. The quantitative estimate of drug-likeness (QED) is 0.518. The number of aromatic nitrogens is 1. The van der Waals surface area contributed by atoms with E-state index < -0.39 is 0 Å². The Morgan fingerprint density at radius 2 is 1.89 bits per heavy atom. The predicted octanol–water partition coefficient (Wildman–Crippen LogP) is 5.82. The molecule has 27 heavy (non-hydrogen) atoms. The molecular formula is C21H21ClN2O2S. The van der Waals surface area contributed by atoms with Crippen molar-refractivity contribution in [2.45, 2.75) is 26.2 Å². The van der Waals surface area contributed by atoms with Gasteiger partial charge in [-0.1, -0.05) is 30.7 Å². The molecule has 0 aliphatic rings. The average molecular weight is 401 g/mol. The van der Waals surface area contributed by atoms with E-state index in [1.807, 2.05) is 53.9 Å². The van der Waals surface area contributed by atoms with Crippen LogP contribution in [0.3, 0.4) is 0 Å². The number of nitrogens with one attached hydrogen (secondary N) is 1. The van der Waals surface area contributed by atoms with Gasteiger partial charge in [-0.05, 0) is 54.8 Å². The Morgan fingerprint density at radius 3 is 2.59 bits per heavy atom. The lowest BCUT2D eigenvalue weighted by atomic mass is 10.1. The van der Waals surface area contributed by atoms with E-state index in [0.717, 1.165) is 29.0 Å². The van der Waals surface area contributed by atoms with Crippen LogP contribution in [-0.4, -0.2) is 17.5 Å². The largest absolute Gasteiger partial charge is 0.494 e. The van der Waals surface area contributed by atoms with Crippen LogP contribution < -0.4 is 10.1 Å². The van der Waals surface area contributed by atoms with E-state index in [1.165, 1.54) is 11.3 Å². The molecule has 0 saturated carbocycles. The second-order valence-electron chi connectivity index (χ2n) is 6.09. The molecule has 0 unspecified atom stereocenters. The summed E-state index contributed by atoms with van der Waals surface area (Å²) in [4.78, 5) is 16.7. The number of hydrogen-bond acceptors (Lipinski definition) is 4. The van der Waals surface area contributed by atoms with E-state index in [4.69, 9.17) is 16.3 Å². The van der Waals surface area contributed by atoms with Crippen molar-refractivity contribution in [2.24, 2.45) is 0 Å². The summed E-state index contributed by atoms with van der Waals surface area (Å²) in [5.74, 6) is 0.806. The van der Waals surface area contributed by atoms with Gasteiger partial charge in [-0.3, -0.25) is 4.79 Å². The van der Waals surface area contributed by atoms with Gasteiger partial charge < -0.3 is 10.1 Å². The number of rotatable bonds is 8. The van der Waals surface area contributed by atoms with Crippen molar-refractivity contribution in [1.29, 1.82) is 0 Å². The van der Waals surface area contributed by atoms with Gasteiger partial charge in [-0.2, -0.15) is 0 Å². The molecule has 0 radical (unpaired) electrons. The monoisotopic (exact) mass is 400 g/mol. The zero-order valence-corrected chi connectivity index (χ0v) is 16.6. The number of nitrogens with zero attached hydrogens (tertiary/aromatic N) is 1. The molecule has 0 aliphatic carbocycles. The maximum absolute atomic E-state index is 12.2. The first-order chi connectivity index (χ1) is 13.1. The van der Waals surface area contributed by atoms with Crippen LogP contribution in [0.5, 0.6) is 5.75 Å². The van der Waals surface area contributed by atoms with Crippen molar-refractivity contribution in [1.82, 2.24) is 4.98 Å². The first kappa shape index (κ1) is 19.4. The van der Waals surface area contributed by atoms with Crippen molar-refractivity contribution in [3.8, 4) is 17.0 Å². The number of aryl methyl sites for hydroxylation is 1. The molecule has 4 nitrogen and oxygen atoms in total. The van der Waals surface area contributed by atoms with Crippen molar-refractivity contribution in [2.75, 3.05) is 11.9 Å². The van der Waals surface area contributed by atoms with Crippen LogP contribution in [0, 0.1) is 0 Å². The van der Waals surface area contributed by atoms with Crippen LogP contribution in [0.4, 0.5) is 5.13 Å². The maximum Gasteiger partial charge on any atom is 0.226 e. The molecule has 0 bridgehead atoms. The molecule has 0 aliphatic heterocycles. The van der Waals surface area contributed by atoms with Crippen molar-refractivity contribution in [3.63, 3.8) is 0 Å². The second kappa shape index (κ2) is 9.53. The normalized spacial score (nSPS) is 10.6. The minimum Gasteiger partial charge on any atom is -0.494 e. The number of carbonyl (C=O) groups is 1. The Morgan fingerprint density at radius 1 is 1.15 bits per heavy atom. The molecule has 2 aromatic carbocycles. The molecule has 6 heteroatoms. The molecule has 0 saturated heterocycles. The number of amides is 1. The van der Waals surface area contributed by atoms with Gasteiger partial charge in [-0.25, -0.2) is 4.98 Å². The number of halogens is 1. The third kappa shape index (κ3) is 5.81. The number of thiazole rings is 1.